The van der Waals surface area contributed by atoms with Crippen LogP contribution < -0.4 is 15.9 Å². The van der Waals surface area contributed by atoms with E-state index >= 15 is 0 Å². The van der Waals surface area contributed by atoms with Gasteiger partial charge in [0.2, 0.25) is 11.8 Å². The minimum Gasteiger partial charge on any atom is -0.444 e. The number of piperidine rings is 4. The molecule has 4 fully saturated rings. The summed E-state index contributed by atoms with van der Waals surface area (Å²) in [5.41, 5.74) is 2.07. The number of amides is 3. The molecule has 1 aromatic heterocycles. The van der Waals surface area contributed by atoms with Crippen molar-refractivity contribution in [3.8, 4) is 0 Å². The van der Waals surface area contributed by atoms with Gasteiger partial charge in [0.1, 0.15) is 11.6 Å². The lowest BCUT2D eigenvalue weighted by atomic mass is 9.82. The maximum absolute atomic E-state index is 13.6. The van der Waals surface area contributed by atoms with Crippen molar-refractivity contribution in [3.05, 3.63) is 28.7 Å². The number of nitrogens with one attached hydrogen (secondary N) is 1. The van der Waals surface area contributed by atoms with E-state index in [9.17, 15) is 19.2 Å². The van der Waals surface area contributed by atoms with Gasteiger partial charge in [-0.25, -0.2) is 9.59 Å². The van der Waals surface area contributed by atoms with Crippen LogP contribution in [0.2, 0.25) is 0 Å². The number of nitrogens with zero attached hydrogens (tertiary/aromatic N) is 5. The van der Waals surface area contributed by atoms with Gasteiger partial charge in [0.15, 0.2) is 0 Å². The molecule has 0 spiro atoms. The van der Waals surface area contributed by atoms with E-state index in [1.807, 2.05) is 45.6 Å². The zero-order chi connectivity index (χ0) is 34.2. The van der Waals surface area contributed by atoms with Crippen molar-refractivity contribution in [2.45, 2.75) is 110 Å². The van der Waals surface area contributed by atoms with E-state index in [0.29, 0.717) is 12.3 Å². The van der Waals surface area contributed by atoms with Crippen LogP contribution >= 0.6 is 0 Å². The number of anilines is 1. The maximum Gasteiger partial charge on any atom is 0.410 e. The molecule has 0 radical (unpaired) electrons. The molecule has 5 heterocycles. The summed E-state index contributed by atoms with van der Waals surface area (Å²) >= 11 is 0. The van der Waals surface area contributed by atoms with Crippen LogP contribution in [0.4, 0.5) is 10.5 Å². The minimum atomic E-state index is -0.673. The Kier molecular flexibility index (Phi) is 10.3. The molecule has 11 nitrogen and oxygen atoms in total. The average Bonchev–Trinajstić information content (AvgIpc) is 3.33. The zero-order valence-electron chi connectivity index (χ0n) is 29.7. The molecule has 1 unspecified atom stereocenters. The molecule has 4 aliphatic rings. The van der Waals surface area contributed by atoms with Crippen molar-refractivity contribution in [3.63, 3.8) is 0 Å². The van der Waals surface area contributed by atoms with E-state index in [-0.39, 0.29) is 30.2 Å². The highest BCUT2D eigenvalue weighted by molar-refractivity contribution is 6.00. The average molecular weight is 665 g/mol. The first-order valence-electron chi connectivity index (χ1n) is 18.4. The van der Waals surface area contributed by atoms with Gasteiger partial charge in [-0.1, -0.05) is 0 Å². The first kappa shape index (κ1) is 34.5. The standard InChI is InChI=1S/C37H56N6O5/c1-25(2)42-32-23-29(6-7-30(32)43(35(42)46)31-8-9-33(44)38-34(31)45)40-18-14-28(15-19-40)24-39-16-10-26(11-17-39)22-27-12-20-41(21-13-27)36(47)48-37(3,4)5/h6-7,23,25-28,31H,8-22,24H2,1-5H3,(H,38,44,45). The Balaban J connectivity index is 0.977. The molecule has 1 atom stereocenters. The van der Waals surface area contributed by atoms with Crippen LogP contribution in [-0.4, -0.2) is 88.3 Å². The van der Waals surface area contributed by atoms with Gasteiger partial charge < -0.3 is 19.4 Å². The summed E-state index contributed by atoms with van der Waals surface area (Å²) in [6.45, 7) is 16.9. The molecule has 0 bridgehead atoms. The number of hydrogen-bond donors (Lipinski definition) is 1. The Bertz CT molecular complexity index is 1530. The smallest absolute Gasteiger partial charge is 0.410 e. The van der Waals surface area contributed by atoms with Crippen molar-refractivity contribution < 1.29 is 19.1 Å². The fourth-order valence-corrected chi connectivity index (χ4v) is 8.45. The number of fused-ring (bicyclic) bond motifs is 1. The lowest BCUT2D eigenvalue weighted by molar-refractivity contribution is -0.135. The van der Waals surface area contributed by atoms with Crippen LogP contribution in [0.1, 0.15) is 104 Å². The summed E-state index contributed by atoms with van der Waals surface area (Å²) in [4.78, 5) is 57.5. The summed E-state index contributed by atoms with van der Waals surface area (Å²) < 4.78 is 8.94. The number of rotatable bonds is 7. The lowest BCUT2D eigenvalue weighted by Crippen LogP contribution is -2.44. The van der Waals surface area contributed by atoms with E-state index in [1.54, 1.807) is 9.13 Å². The van der Waals surface area contributed by atoms with Gasteiger partial charge >= 0.3 is 11.8 Å². The van der Waals surface area contributed by atoms with E-state index in [2.05, 4.69) is 27.2 Å². The topological polar surface area (TPSA) is 109 Å². The SMILES string of the molecule is CC(C)n1c(=O)n(C2CCC(=O)NC2=O)c2ccc(N3CCC(CN4CCC(CC5CCN(C(=O)OC(C)(C)C)CC5)CC4)CC3)cc21. The molecule has 4 saturated heterocycles. The van der Waals surface area contributed by atoms with Crippen LogP contribution in [0.5, 0.6) is 0 Å². The molecular formula is C37H56N6O5. The van der Waals surface area contributed by atoms with E-state index in [0.717, 1.165) is 80.4 Å². The summed E-state index contributed by atoms with van der Waals surface area (Å²) in [7, 11) is 0. The van der Waals surface area contributed by atoms with Crippen LogP contribution in [0.3, 0.4) is 0 Å². The monoisotopic (exact) mass is 664 g/mol. The Hall–Kier alpha value is -3.34. The third-order valence-electron chi connectivity index (χ3n) is 11.1. The number of imidazole rings is 1. The Morgan fingerprint density at radius 2 is 1.48 bits per heavy atom. The molecule has 4 aliphatic heterocycles. The van der Waals surface area contributed by atoms with Crippen molar-refractivity contribution >= 4 is 34.6 Å². The first-order valence-corrected chi connectivity index (χ1v) is 18.4. The molecule has 264 valence electrons. The summed E-state index contributed by atoms with van der Waals surface area (Å²) in [5, 5.41) is 2.41. The molecule has 3 amide bonds. The highest BCUT2D eigenvalue weighted by Gasteiger charge is 2.33. The molecular weight excluding hydrogens is 608 g/mol. The van der Waals surface area contributed by atoms with Crippen LogP contribution in [0.25, 0.3) is 11.0 Å². The second-order valence-electron chi connectivity index (χ2n) is 16.1. The van der Waals surface area contributed by atoms with Crippen molar-refractivity contribution in [2.24, 2.45) is 17.8 Å². The molecule has 6 rings (SSSR count). The third kappa shape index (κ3) is 7.76. The Labute approximate surface area is 284 Å². The van der Waals surface area contributed by atoms with E-state index in [1.165, 1.54) is 38.9 Å². The molecule has 0 aliphatic carbocycles. The van der Waals surface area contributed by atoms with Gasteiger partial charge in [0, 0.05) is 50.9 Å². The second kappa shape index (κ2) is 14.3. The number of likely N-dealkylation sites (tertiary alicyclic amines) is 2. The molecule has 1 N–H and O–H groups in total. The van der Waals surface area contributed by atoms with Crippen LogP contribution in [-0.2, 0) is 14.3 Å². The van der Waals surface area contributed by atoms with Gasteiger partial charge in [-0.05, 0) is 135 Å². The highest BCUT2D eigenvalue weighted by atomic mass is 16.6. The molecule has 48 heavy (non-hydrogen) atoms. The normalized spacial score (nSPS) is 22.9. The molecule has 11 heteroatoms. The minimum absolute atomic E-state index is 0.0585. The Morgan fingerprint density at radius 3 is 2.08 bits per heavy atom. The number of aromatic nitrogens is 2. The number of carbonyl (C=O) groups is 3. The van der Waals surface area contributed by atoms with Crippen molar-refractivity contribution in [1.29, 1.82) is 0 Å². The van der Waals surface area contributed by atoms with Gasteiger partial charge in [-0.2, -0.15) is 0 Å². The van der Waals surface area contributed by atoms with E-state index in [4.69, 9.17) is 4.74 Å². The van der Waals surface area contributed by atoms with Gasteiger partial charge in [0.25, 0.3) is 0 Å². The van der Waals surface area contributed by atoms with Crippen LogP contribution in [0.15, 0.2) is 23.0 Å². The quantitative estimate of drug-likeness (QED) is 0.399. The summed E-state index contributed by atoms with van der Waals surface area (Å²) in [6, 6.07) is 5.45. The van der Waals surface area contributed by atoms with Gasteiger partial charge in [-0.15, -0.1) is 0 Å². The number of hydrogen-bond acceptors (Lipinski definition) is 7. The molecule has 0 saturated carbocycles. The molecule has 2 aromatic rings. The first-order chi connectivity index (χ1) is 22.9. The largest absolute Gasteiger partial charge is 0.444 e. The fraction of sp³-hybridized carbons (Fsp3) is 0.730. The van der Waals surface area contributed by atoms with Gasteiger partial charge in [0.05, 0.1) is 11.0 Å². The number of imide groups is 1. The fourth-order valence-electron chi connectivity index (χ4n) is 8.45. The predicted molar refractivity (Wildman–Crippen MR) is 187 cm³/mol. The van der Waals surface area contributed by atoms with Crippen molar-refractivity contribution in [2.75, 3.05) is 50.7 Å². The number of benzene rings is 1. The highest BCUT2D eigenvalue weighted by Crippen LogP contribution is 2.33. The van der Waals surface area contributed by atoms with Crippen molar-refractivity contribution in [1.82, 2.24) is 24.3 Å². The summed E-state index contributed by atoms with van der Waals surface area (Å²) in [5.74, 6) is 1.53. The van der Waals surface area contributed by atoms with Crippen LogP contribution in [0, 0.1) is 17.8 Å². The molecule has 1 aromatic carbocycles. The lowest BCUT2D eigenvalue weighted by Gasteiger charge is -2.39. The Morgan fingerprint density at radius 1 is 0.854 bits per heavy atom. The zero-order valence-corrected chi connectivity index (χ0v) is 29.7. The maximum atomic E-state index is 13.6. The van der Waals surface area contributed by atoms with E-state index < -0.39 is 17.6 Å². The van der Waals surface area contributed by atoms with Gasteiger partial charge in [-0.3, -0.25) is 24.0 Å². The number of ether oxygens (including phenoxy) is 1. The summed E-state index contributed by atoms with van der Waals surface area (Å²) in [6.07, 6.45) is 8.75. The predicted octanol–water partition coefficient (Wildman–Crippen LogP) is 5.33. The second-order valence-corrected chi connectivity index (χ2v) is 16.1. The number of carbonyl (C=O) groups excluding carboxylic acids is 3. The third-order valence-corrected chi connectivity index (χ3v) is 11.1.